The van der Waals surface area contributed by atoms with E-state index in [0.29, 0.717) is 12.3 Å². The summed E-state index contributed by atoms with van der Waals surface area (Å²) in [5.41, 5.74) is 2.45. The molecule has 0 unspecified atom stereocenters. The molecule has 2 fully saturated rings. The van der Waals surface area contributed by atoms with Crippen LogP contribution in [0.4, 0.5) is 0 Å². The Labute approximate surface area is 181 Å². The Morgan fingerprint density at radius 1 is 0.833 bits per heavy atom. The lowest BCUT2D eigenvalue weighted by molar-refractivity contribution is -0.132. The zero-order valence-corrected chi connectivity index (χ0v) is 18.2. The molecule has 4 rings (SSSR count). The monoisotopic (exact) mass is 405 g/mol. The highest BCUT2D eigenvalue weighted by atomic mass is 16.2. The van der Waals surface area contributed by atoms with Gasteiger partial charge in [-0.25, -0.2) is 0 Å². The first-order valence-electron chi connectivity index (χ1n) is 11.5. The average molecular weight is 406 g/mol. The van der Waals surface area contributed by atoms with E-state index < -0.39 is 0 Å². The molecule has 2 saturated heterocycles. The van der Waals surface area contributed by atoms with Crippen molar-refractivity contribution in [3.8, 4) is 0 Å². The lowest BCUT2D eigenvalue weighted by atomic mass is 9.87. The van der Waals surface area contributed by atoms with Crippen LogP contribution in [0.3, 0.4) is 0 Å². The number of amides is 1. The van der Waals surface area contributed by atoms with Crippen LogP contribution in [0.15, 0.2) is 60.7 Å². The minimum atomic E-state index is 0.128. The molecule has 0 radical (unpaired) electrons. The summed E-state index contributed by atoms with van der Waals surface area (Å²) >= 11 is 0. The number of rotatable bonds is 6. The molecule has 2 aliphatic heterocycles. The quantitative estimate of drug-likeness (QED) is 0.733. The average Bonchev–Trinajstić information content (AvgIpc) is 2.80. The van der Waals surface area contributed by atoms with Crippen LogP contribution >= 0.6 is 0 Å². The van der Waals surface area contributed by atoms with E-state index in [9.17, 15) is 4.79 Å². The largest absolute Gasteiger partial charge is 0.343 e. The number of likely N-dealkylation sites (tertiary alicyclic amines) is 1. The molecule has 160 valence electrons. The van der Waals surface area contributed by atoms with Crippen LogP contribution in [0.25, 0.3) is 0 Å². The first kappa shape index (κ1) is 21.1. The van der Waals surface area contributed by atoms with Gasteiger partial charge in [-0.2, -0.15) is 0 Å². The molecular weight excluding hydrogens is 370 g/mol. The fourth-order valence-electron chi connectivity index (χ4n) is 4.86. The molecule has 2 aromatic rings. The van der Waals surface area contributed by atoms with E-state index in [0.717, 1.165) is 31.8 Å². The Bertz CT molecular complexity index is 739. The summed E-state index contributed by atoms with van der Waals surface area (Å²) < 4.78 is 0. The van der Waals surface area contributed by atoms with Gasteiger partial charge in [0.25, 0.3) is 0 Å². The van der Waals surface area contributed by atoms with Crippen molar-refractivity contribution in [3.63, 3.8) is 0 Å². The Morgan fingerprint density at radius 2 is 1.37 bits per heavy atom. The SMILES string of the molecule is CN1CCN(CC2CCN(C(=O)CC(c3ccccc3)c3ccccc3)CC2)CC1. The Kier molecular flexibility index (Phi) is 7.19. The maximum Gasteiger partial charge on any atom is 0.223 e. The van der Waals surface area contributed by atoms with Gasteiger partial charge in [0, 0.05) is 58.2 Å². The molecule has 0 atom stereocenters. The normalized spacial score (nSPS) is 19.3. The van der Waals surface area contributed by atoms with Gasteiger partial charge in [-0.1, -0.05) is 60.7 Å². The van der Waals surface area contributed by atoms with Crippen LogP contribution in [0.1, 0.15) is 36.3 Å². The summed E-state index contributed by atoms with van der Waals surface area (Å²) in [6, 6.07) is 20.9. The van der Waals surface area contributed by atoms with Crippen LogP contribution < -0.4 is 0 Å². The van der Waals surface area contributed by atoms with Crippen LogP contribution in [0, 0.1) is 5.92 Å². The van der Waals surface area contributed by atoms with Gasteiger partial charge < -0.3 is 14.7 Å². The van der Waals surface area contributed by atoms with Gasteiger partial charge in [-0.3, -0.25) is 4.79 Å². The topological polar surface area (TPSA) is 26.8 Å². The number of hydrogen-bond acceptors (Lipinski definition) is 3. The van der Waals surface area contributed by atoms with Crippen molar-refractivity contribution in [2.24, 2.45) is 5.92 Å². The molecule has 2 aromatic carbocycles. The van der Waals surface area contributed by atoms with E-state index >= 15 is 0 Å². The highest BCUT2D eigenvalue weighted by Crippen LogP contribution is 2.29. The summed E-state index contributed by atoms with van der Waals surface area (Å²) in [5.74, 6) is 1.16. The predicted molar refractivity (Wildman–Crippen MR) is 123 cm³/mol. The second-order valence-electron chi connectivity index (χ2n) is 9.01. The van der Waals surface area contributed by atoms with Crippen molar-refractivity contribution in [1.82, 2.24) is 14.7 Å². The molecule has 0 spiro atoms. The van der Waals surface area contributed by atoms with E-state index in [2.05, 4.69) is 70.3 Å². The van der Waals surface area contributed by atoms with Gasteiger partial charge >= 0.3 is 0 Å². The number of carbonyl (C=O) groups excluding carboxylic acids is 1. The molecule has 2 heterocycles. The van der Waals surface area contributed by atoms with E-state index in [1.54, 1.807) is 0 Å². The van der Waals surface area contributed by atoms with Crippen molar-refractivity contribution in [2.75, 3.05) is 52.9 Å². The standard InChI is InChI=1S/C26H35N3O/c1-27-16-18-28(19-17-27)21-22-12-14-29(15-13-22)26(30)20-25(23-8-4-2-5-9-23)24-10-6-3-7-11-24/h2-11,22,25H,12-21H2,1H3. The van der Waals surface area contributed by atoms with E-state index in [1.807, 2.05) is 12.1 Å². The van der Waals surface area contributed by atoms with Crippen molar-refractivity contribution < 1.29 is 4.79 Å². The molecule has 1 amide bonds. The van der Waals surface area contributed by atoms with E-state index in [-0.39, 0.29) is 5.92 Å². The summed E-state index contributed by atoms with van der Waals surface area (Å²) in [6.07, 6.45) is 2.83. The van der Waals surface area contributed by atoms with Crippen molar-refractivity contribution >= 4 is 5.91 Å². The maximum absolute atomic E-state index is 13.2. The molecule has 30 heavy (non-hydrogen) atoms. The third-order valence-electron chi connectivity index (χ3n) is 6.86. The molecule has 0 aliphatic carbocycles. The molecule has 0 saturated carbocycles. The lowest BCUT2D eigenvalue weighted by Gasteiger charge is -2.38. The Morgan fingerprint density at radius 3 is 1.90 bits per heavy atom. The molecule has 4 nitrogen and oxygen atoms in total. The number of benzene rings is 2. The molecular formula is C26H35N3O. The van der Waals surface area contributed by atoms with Crippen LogP contribution in [0.5, 0.6) is 0 Å². The Balaban J connectivity index is 1.33. The number of hydrogen-bond donors (Lipinski definition) is 0. The second-order valence-corrected chi connectivity index (χ2v) is 9.01. The van der Waals surface area contributed by atoms with Gasteiger partial charge in [0.15, 0.2) is 0 Å². The van der Waals surface area contributed by atoms with Crippen molar-refractivity contribution in [3.05, 3.63) is 71.8 Å². The molecule has 4 heteroatoms. The number of piperidine rings is 1. The first-order chi connectivity index (χ1) is 14.7. The van der Waals surface area contributed by atoms with Crippen LogP contribution in [-0.2, 0) is 4.79 Å². The fraction of sp³-hybridized carbons (Fsp3) is 0.500. The van der Waals surface area contributed by atoms with Crippen LogP contribution in [-0.4, -0.2) is 73.5 Å². The van der Waals surface area contributed by atoms with Gasteiger partial charge in [0.05, 0.1) is 0 Å². The number of piperazine rings is 1. The van der Waals surface area contributed by atoms with Gasteiger partial charge in [-0.15, -0.1) is 0 Å². The minimum absolute atomic E-state index is 0.128. The van der Waals surface area contributed by atoms with Gasteiger partial charge in [-0.05, 0) is 36.9 Å². The summed E-state index contributed by atoms with van der Waals surface area (Å²) in [5, 5.41) is 0. The smallest absolute Gasteiger partial charge is 0.223 e. The van der Waals surface area contributed by atoms with Crippen molar-refractivity contribution in [2.45, 2.75) is 25.2 Å². The summed E-state index contributed by atoms with van der Waals surface area (Å²) in [7, 11) is 2.21. The molecule has 0 bridgehead atoms. The second kappa shape index (κ2) is 10.2. The van der Waals surface area contributed by atoms with Gasteiger partial charge in [0.1, 0.15) is 0 Å². The molecule has 0 N–H and O–H groups in total. The summed E-state index contributed by atoms with van der Waals surface area (Å²) in [6.45, 7) is 7.75. The van der Waals surface area contributed by atoms with Crippen molar-refractivity contribution in [1.29, 1.82) is 0 Å². The molecule has 2 aliphatic rings. The third kappa shape index (κ3) is 5.50. The third-order valence-corrected chi connectivity index (χ3v) is 6.86. The zero-order chi connectivity index (χ0) is 20.8. The number of likely N-dealkylation sites (N-methyl/N-ethyl adjacent to an activating group) is 1. The zero-order valence-electron chi connectivity index (χ0n) is 18.2. The lowest BCUT2D eigenvalue weighted by Crippen LogP contribution is -2.48. The maximum atomic E-state index is 13.2. The van der Waals surface area contributed by atoms with Gasteiger partial charge in [0.2, 0.25) is 5.91 Å². The number of nitrogens with zero attached hydrogens (tertiary/aromatic N) is 3. The van der Waals surface area contributed by atoms with Crippen LogP contribution in [0.2, 0.25) is 0 Å². The first-order valence-corrected chi connectivity index (χ1v) is 11.5. The predicted octanol–water partition coefficient (Wildman–Crippen LogP) is 3.69. The fourth-order valence-corrected chi connectivity index (χ4v) is 4.86. The highest BCUT2D eigenvalue weighted by molar-refractivity contribution is 5.78. The van der Waals surface area contributed by atoms with E-state index in [4.69, 9.17) is 0 Å². The summed E-state index contributed by atoms with van der Waals surface area (Å²) in [4.78, 5) is 20.3. The molecule has 0 aromatic heterocycles. The minimum Gasteiger partial charge on any atom is -0.343 e. The van der Waals surface area contributed by atoms with E-state index in [1.165, 1.54) is 43.9 Å². The Hall–Kier alpha value is -2.17. The highest BCUT2D eigenvalue weighted by Gasteiger charge is 2.27. The number of carbonyl (C=O) groups is 1.